The number of carbonyl (C=O) groups excluding carboxylic acids is 1. The van der Waals surface area contributed by atoms with Crippen LogP contribution in [0.4, 0.5) is 0 Å². The van der Waals surface area contributed by atoms with Crippen LogP contribution in [0.5, 0.6) is 0 Å². The highest BCUT2D eigenvalue weighted by molar-refractivity contribution is 7.99. The fourth-order valence-electron chi connectivity index (χ4n) is 3.08. The van der Waals surface area contributed by atoms with Gasteiger partial charge in [-0.2, -0.15) is 0 Å². The zero-order chi connectivity index (χ0) is 14.7. The Kier molecular flexibility index (Phi) is 4.45. The van der Waals surface area contributed by atoms with E-state index in [-0.39, 0.29) is 16.4 Å². The van der Waals surface area contributed by atoms with Crippen molar-refractivity contribution < 1.29 is 4.79 Å². The van der Waals surface area contributed by atoms with Crippen LogP contribution in [-0.4, -0.2) is 5.78 Å². The van der Waals surface area contributed by atoms with Gasteiger partial charge in [0.15, 0.2) is 0 Å². The Hall–Kier alpha value is -1.54. The zero-order valence-electron chi connectivity index (χ0n) is 12.2. The van der Waals surface area contributed by atoms with E-state index in [9.17, 15) is 4.79 Å². The molecule has 3 rings (SSSR count). The minimum atomic E-state index is 0.150. The Labute approximate surface area is 130 Å². The standard InChI is InChI=1S/C19H20OS/c1-2-16-17(20)13-18(14-9-5-3-6-10-14)21-19(16)15-11-7-4-8-12-15/h3-12,16,18-19H,2,13H2,1H3/t16-,18+,19+/m0/s1. The number of carbonyl (C=O) groups is 1. The molecule has 3 atom stereocenters. The summed E-state index contributed by atoms with van der Waals surface area (Å²) in [7, 11) is 0. The molecule has 0 N–H and O–H groups in total. The summed E-state index contributed by atoms with van der Waals surface area (Å²) in [6.07, 6.45) is 1.59. The van der Waals surface area contributed by atoms with E-state index >= 15 is 0 Å². The van der Waals surface area contributed by atoms with Gasteiger partial charge >= 0.3 is 0 Å². The maximum Gasteiger partial charge on any atom is 0.138 e. The normalized spacial score (nSPS) is 25.8. The minimum Gasteiger partial charge on any atom is -0.299 e. The highest BCUT2D eigenvalue weighted by atomic mass is 32.2. The molecule has 0 amide bonds. The van der Waals surface area contributed by atoms with Crippen molar-refractivity contribution in [2.75, 3.05) is 0 Å². The molecule has 2 heteroatoms. The third-order valence-electron chi connectivity index (χ3n) is 4.22. The molecule has 0 aliphatic carbocycles. The molecule has 1 saturated heterocycles. The maximum atomic E-state index is 12.6. The molecule has 1 heterocycles. The lowest BCUT2D eigenvalue weighted by Gasteiger charge is -2.35. The van der Waals surface area contributed by atoms with E-state index in [0.717, 1.165) is 6.42 Å². The van der Waals surface area contributed by atoms with Gasteiger partial charge in [-0.05, 0) is 17.5 Å². The van der Waals surface area contributed by atoms with Gasteiger partial charge in [0.2, 0.25) is 0 Å². The summed E-state index contributed by atoms with van der Waals surface area (Å²) in [4.78, 5) is 12.6. The van der Waals surface area contributed by atoms with Gasteiger partial charge in [0.25, 0.3) is 0 Å². The van der Waals surface area contributed by atoms with Gasteiger partial charge in [-0.25, -0.2) is 0 Å². The minimum absolute atomic E-state index is 0.150. The third kappa shape index (κ3) is 3.06. The number of hydrogen-bond donors (Lipinski definition) is 0. The van der Waals surface area contributed by atoms with E-state index in [1.165, 1.54) is 11.1 Å². The number of benzene rings is 2. The fourth-order valence-corrected chi connectivity index (χ4v) is 4.86. The van der Waals surface area contributed by atoms with Gasteiger partial charge < -0.3 is 0 Å². The van der Waals surface area contributed by atoms with Crippen LogP contribution in [-0.2, 0) is 4.79 Å². The van der Waals surface area contributed by atoms with Crippen LogP contribution in [0.25, 0.3) is 0 Å². The van der Waals surface area contributed by atoms with Gasteiger partial charge in [-0.3, -0.25) is 4.79 Å². The summed E-state index contributed by atoms with van der Waals surface area (Å²) in [6, 6.07) is 20.9. The Bertz CT molecular complexity index is 593. The van der Waals surface area contributed by atoms with Crippen LogP contribution >= 0.6 is 11.8 Å². The molecule has 21 heavy (non-hydrogen) atoms. The van der Waals surface area contributed by atoms with E-state index in [1.54, 1.807) is 0 Å². The molecule has 1 aliphatic heterocycles. The average molecular weight is 296 g/mol. The predicted molar refractivity (Wildman–Crippen MR) is 89.4 cm³/mol. The van der Waals surface area contributed by atoms with Gasteiger partial charge in [-0.15, -0.1) is 11.8 Å². The van der Waals surface area contributed by atoms with Crippen molar-refractivity contribution in [3.63, 3.8) is 0 Å². The molecule has 2 aromatic rings. The third-order valence-corrected chi connectivity index (χ3v) is 5.88. The maximum absolute atomic E-state index is 12.6. The summed E-state index contributed by atoms with van der Waals surface area (Å²) >= 11 is 1.95. The molecule has 1 aliphatic rings. The first-order valence-electron chi connectivity index (χ1n) is 7.57. The quantitative estimate of drug-likeness (QED) is 0.774. The number of hydrogen-bond acceptors (Lipinski definition) is 2. The molecule has 0 aromatic heterocycles. The van der Waals surface area contributed by atoms with E-state index in [2.05, 4.69) is 55.5 Å². The van der Waals surface area contributed by atoms with Gasteiger partial charge in [-0.1, -0.05) is 67.6 Å². The van der Waals surface area contributed by atoms with Gasteiger partial charge in [0.05, 0.1) is 0 Å². The molecular formula is C19H20OS. The summed E-state index contributed by atoms with van der Waals surface area (Å²) in [5, 5.41) is 0.564. The molecular weight excluding hydrogens is 276 g/mol. The lowest BCUT2D eigenvalue weighted by Crippen LogP contribution is -2.27. The number of ketones is 1. The number of thioether (sulfide) groups is 1. The molecule has 0 radical (unpaired) electrons. The summed E-state index contributed by atoms with van der Waals surface area (Å²) < 4.78 is 0. The van der Waals surface area contributed by atoms with Gasteiger partial charge in [0.1, 0.15) is 5.78 Å². The van der Waals surface area contributed by atoms with E-state index in [0.29, 0.717) is 12.2 Å². The first kappa shape index (κ1) is 14.4. The monoisotopic (exact) mass is 296 g/mol. The van der Waals surface area contributed by atoms with Crippen LogP contribution in [0, 0.1) is 5.92 Å². The zero-order valence-corrected chi connectivity index (χ0v) is 13.1. The molecule has 0 bridgehead atoms. The van der Waals surface area contributed by atoms with Crippen LogP contribution in [0.3, 0.4) is 0 Å². The van der Waals surface area contributed by atoms with Crippen molar-refractivity contribution >= 4 is 17.5 Å². The second kappa shape index (κ2) is 6.48. The Morgan fingerprint density at radius 2 is 1.52 bits per heavy atom. The van der Waals surface area contributed by atoms with Crippen molar-refractivity contribution in [1.29, 1.82) is 0 Å². The van der Waals surface area contributed by atoms with Crippen molar-refractivity contribution in [1.82, 2.24) is 0 Å². The fraction of sp³-hybridized carbons (Fsp3) is 0.316. The highest BCUT2D eigenvalue weighted by Crippen LogP contribution is 2.52. The Balaban J connectivity index is 1.91. The molecule has 0 spiro atoms. The largest absolute Gasteiger partial charge is 0.299 e. The van der Waals surface area contributed by atoms with E-state index in [1.807, 2.05) is 23.9 Å². The van der Waals surface area contributed by atoms with Crippen LogP contribution in [0.15, 0.2) is 60.7 Å². The first-order chi connectivity index (χ1) is 10.3. The number of rotatable bonds is 3. The van der Waals surface area contributed by atoms with Crippen LogP contribution < -0.4 is 0 Å². The topological polar surface area (TPSA) is 17.1 Å². The SMILES string of the molecule is CC[C@H]1C(=O)C[C@H](c2ccccc2)S[C@@H]1c1ccccc1. The molecule has 1 fully saturated rings. The summed E-state index contributed by atoms with van der Waals surface area (Å²) in [5.74, 6) is 0.566. The van der Waals surface area contributed by atoms with Crippen molar-refractivity contribution in [2.45, 2.75) is 30.3 Å². The second-order valence-electron chi connectivity index (χ2n) is 5.55. The molecule has 108 valence electrons. The molecule has 1 nitrogen and oxygen atoms in total. The summed E-state index contributed by atoms with van der Waals surface area (Å²) in [5.41, 5.74) is 2.55. The Morgan fingerprint density at radius 1 is 0.952 bits per heavy atom. The first-order valence-corrected chi connectivity index (χ1v) is 8.52. The lowest BCUT2D eigenvalue weighted by atomic mass is 9.88. The second-order valence-corrected chi connectivity index (χ2v) is 6.90. The molecule has 2 aromatic carbocycles. The van der Waals surface area contributed by atoms with Crippen molar-refractivity contribution in [2.24, 2.45) is 5.92 Å². The smallest absolute Gasteiger partial charge is 0.138 e. The van der Waals surface area contributed by atoms with Crippen LogP contribution in [0.2, 0.25) is 0 Å². The van der Waals surface area contributed by atoms with Crippen LogP contribution in [0.1, 0.15) is 41.4 Å². The number of Topliss-reactive ketones (excluding diaryl/α,β-unsaturated/α-hetero) is 1. The molecule has 0 unspecified atom stereocenters. The lowest BCUT2D eigenvalue weighted by molar-refractivity contribution is -0.123. The van der Waals surface area contributed by atoms with Gasteiger partial charge in [0, 0.05) is 22.8 Å². The Morgan fingerprint density at radius 3 is 2.10 bits per heavy atom. The van der Waals surface area contributed by atoms with E-state index in [4.69, 9.17) is 0 Å². The van der Waals surface area contributed by atoms with Crippen molar-refractivity contribution in [3.05, 3.63) is 71.8 Å². The van der Waals surface area contributed by atoms with Crippen molar-refractivity contribution in [3.8, 4) is 0 Å². The predicted octanol–water partition coefficient (Wildman–Crippen LogP) is 5.20. The average Bonchev–Trinajstić information content (AvgIpc) is 2.55. The van der Waals surface area contributed by atoms with E-state index < -0.39 is 0 Å². The summed E-state index contributed by atoms with van der Waals surface area (Å²) in [6.45, 7) is 2.13. The molecule has 0 saturated carbocycles. The highest BCUT2D eigenvalue weighted by Gasteiger charge is 2.37.